The van der Waals surface area contributed by atoms with Gasteiger partial charge in [0.15, 0.2) is 6.61 Å². The van der Waals surface area contributed by atoms with Gasteiger partial charge in [0.2, 0.25) is 0 Å². The molecule has 1 aromatic carbocycles. The Balaban J connectivity index is 2.29. The zero-order chi connectivity index (χ0) is 11.1. The molecular formula is C11H15NO3. The Morgan fingerprint density at radius 2 is 2.13 bits per heavy atom. The quantitative estimate of drug-likeness (QED) is 0.745. The van der Waals surface area contributed by atoms with Gasteiger partial charge in [-0.25, -0.2) is 0 Å². The van der Waals surface area contributed by atoms with E-state index >= 15 is 0 Å². The van der Waals surface area contributed by atoms with E-state index in [2.05, 4.69) is 5.32 Å². The Morgan fingerprint density at radius 1 is 1.47 bits per heavy atom. The Morgan fingerprint density at radius 3 is 2.73 bits per heavy atom. The van der Waals surface area contributed by atoms with Crippen LogP contribution in [0.4, 0.5) is 0 Å². The SMILES string of the molecule is C[C@@H](CO)NC(=O)COc1ccccc1. The molecule has 0 aromatic heterocycles. The van der Waals surface area contributed by atoms with E-state index < -0.39 is 0 Å². The number of ether oxygens (including phenoxy) is 1. The summed E-state index contributed by atoms with van der Waals surface area (Å²) in [5.74, 6) is 0.421. The van der Waals surface area contributed by atoms with Crippen molar-refractivity contribution in [2.75, 3.05) is 13.2 Å². The van der Waals surface area contributed by atoms with Crippen LogP contribution in [-0.4, -0.2) is 30.3 Å². The van der Waals surface area contributed by atoms with Crippen molar-refractivity contribution in [3.05, 3.63) is 30.3 Å². The van der Waals surface area contributed by atoms with Crippen LogP contribution in [0.15, 0.2) is 30.3 Å². The smallest absolute Gasteiger partial charge is 0.258 e. The van der Waals surface area contributed by atoms with Gasteiger partial charge in [0, 0.05) is 6.04 Å². The lowest BCUT2D eigenvalue weighted by molar-refractivity contribution is -0.123. The fraction of sp³-hybridized carbons (Fsp3) is 0.364. The van der Waals surface area contributed by atoms with Crippen molar-refractivity contribution in [3.63, 3.8) is 0 Å². The number of amides is 1. The van der Waals surface area contributed by atoms with E-state index in [-0.39, 0.29) is 25.2 Å². The molecule has 4 nitrogen and oxygen atoms in total. The highest BCUT2D eigenvalue weighted by molar-refractivity contribution is 5.77. The van der Waals surface area contributed by atoms with Crippen molar-refractivity contribution in [2.24, 2.45) is 0 Å². The minimum Gasteiger partial charge on any atom is -0.484 e. The molecule has 0 saturated heterocycles. The molecule has 1 rings (SSSR count). The Hall–Kier alpha value is -1.55. The number of nitrogens with one attached hydrogen (secondary N) is 1. The molecule has 0 bridgehead atoms. The lowest BCUT2D eigenvalue weighted by atomic mass is 10.3. The van der Waals surface area contributed by atoms with Crippen LogP contribution in [0.1, 0.15) is 6.92 Å². The summed E-state index contributed by atoms with van der Waals surface area (Å²) in [6, 6.07) is 8.87. The molecule has 1 atom stereocenters. The van der Waals surface area contributed by atoms with Gasteiger partial charge in [-0.15, -0.1) is 0 Å². The molecule has 0 unspecified atom stereocenters. The molecule has 1 amide bonds. The fourth-order valence-corrected chi connectivity index (χ4v) is 1.03. The number of para-hydroxylation sites is 1. The van der Waals surface area contributed by atoms with Crippen LogP contribution >= 0.6 is 0 Å². The van der Waals surface area contributed by atoms with Crippen LogP contribution in [0.3, 0.4) is 0 Å². The first-order chi connectivity index (χ1) is 7.22. The van der Waals surface area contributed by atoms with Gasteiger partial charge < -0.3 is 15.2 Å². The maximum absolute atomic E-state index is 11.2. The number of aliphatic hydroxyl groups is 1. The Bertz CT molecular complexity index is 300. The highest BCUT2D eigenvalue weighted by Crippen LogP contribution is 2.07. The third-order valence-electron chi connectivity index (χ3n) is 1.79. The molecule has 2 N–H and O–H groups in total. The fourth-order valence-electron chi connectivity index (χ4n) is 1.03. The van der Waals surface area contributed by atoms with Crippen LogP contribution in [0.5, 0.6) is 5.75 Å². The highest BCUT2D eigenvalue weighted by Gasteiger charge is 2.06. The first-order valence-corrected chi connectivity index (χ1v) is 4.80. The summed E-state index contributed by atoms with van der Waals surface area (Å²) >= 11 is 0. The van der Waals surface area contributed by atoms with Crippen molar-refractivity contribution in [1.82, 2.24) is 5.32 Å². The summed E-state index contributed by atoms with van der Waals surface area (Å²) < 4.78 is 5.22. The summed E-state index contributed by atoms with van der Waals surface area (Å²) in [4.78, 5) is 11.2. The molecule has 82 valence electrons. The first-order valence-electron chi connectivity index (χ1n) is 4.80. The maximum Gasteiger partial charge on any atom is 0.258 e. The molecule has 0 radical (unpaired) electrons. The number of hydrogen-bond acceptors (Lipinski definition) is 3. The van der Waals surface area contributed by atoms with Gasteiger partial charge >= 0.3 is 0 Å². The van der Waals surface area contributed by atoms with Gasteiger partial charge in [-0.1, -0.05) is 18.2 Å². The lowest BCUT2D eigenvalue weighted by Gasteiger charge is -2.11. The van der Waals surface area contributed by atoms with Crippen molar-refractivity contribution < 1.29 is 14.6 Å². The van der Waals surface area contributed by atoms with Gasteiger partial charge in [-0.05, 0) is 19.1 Å². The second-order valence-corrected chi connectivity index (χ2v) is 3.25. The van der Waals surface area contributed by atoms with Gasteiger partial charge in [0.1, 0.15) is 5.75 Å². The van der Waals surface area contributed by atoms with Crippen molar-refractivity contribution in [2.45, 2.75) is 13.0 Å². The lowest BCUT2D eigenvalue weighted by Crippen LogP contribution is -2.38. The zero-order valence-corrected chi connectivity index (χ0v) is 8.64. The van der Waals surface area contributed by atoms with Crippen LogP contribution in [0, 0.1) is 0 Å². The molecule has 0 saturated carbocycles. The normalized spacial score (nSPS) is 11.9. The van der Waals surface area contributed by atoms with Crippen LogP contribution in [0.2, 0.25) is 0 Å². The number of aliphatic hydroxyl groups excluding tert-OH is 1. The number of rotatable bonds is 5. The Labute approximate surface area is 88.9 Å². The van der Waals surface area contributed by atoms with Crippen LogP contribution < -0.4 is 10.1 Å². The number of hydrogen-bond donors (Lipinski definition) is 2. The highest BCUT2D eigenvalue weighted by atomic mass is 16.5. The number of benzene rings is 1. The first kappa shape index (κ1) is 11.5. The van der Waals surface area contributed by atoms with Gasteiger partial charge in [-0.2, -0.15) is 0 Å². The minimum atomic E-state index is -0.239. The predicted octanol–water partition coefficient (Wildman–Crippen LogP) is 0.562. The monoisotopic (exact) mass is 209 g/mol. The predicted molar refractivity (Wildman–Crippen MR) is 56.6 cm³/mol. The van der Waals surface area contributed by atoms with Gasteiger partial charge in [-0.3, -0.25) is 4.79 Å². The van der Waals surface area contributed by atoms with E-state index in [0.29, 0.717) is 5.75 Å². The molecule has 0 fully saturated rings. The molecule has 0 spiro atoms. The number of carbonyl (C=O) groups excluding carboxylic acids is 1. The molecule has 1 aromatic rings. The van der Waals surface area contributed by atoms with Gasteiger partial charge in [0.05, 0.1) is 6.61 Å². The topological polar surface area (TPSA) is 58.6 Å². The standard InChI is InChI=1S/C11H15NO3/c1-9(7-13)12-11(14)8-15-10-5-3-2-4-6-10/h2-6,9,13H,7-8H2,1H3,(H,12,14)/t9-/m0/s1. The Kier molecular flexibility index (Phi) is 4.63. The zero-order valence-electron chi connectivity index (χ0n) is 8.64. The largest absolute Gasteiger partial charge is 0.484 e. The molecule has 0 aliphatic heterocycles. The molecular weight excluding hydrogens is 194 g/mol. The van der Waals surface area contributed by atoms with Crippen molar-refractivity contribution in [3.8, 4) is 5.75 Å². The second-order valence-electron chi connectivity index (χ2n) is 3.25. The molecule has 0 aliphatic carbocycles. The summed E-state index contributed by atoms with van der Waals surface area (Å²) in [7, 11) is 0. The van der Waals surface area contributed by atoms with Gasteiger partial charge in [0.25, 0.3) is 5.91 Å². The van der Waals surface area contributed by atoms with Crippen LogP contribution in [0.25, 0.3) is 0 Å². The van der Waals surface area contributed by atoms with E-state index in [0.717, 1.165) is 0 Å². The molecule has 0 heterocycles. The van der Waals surface area contributed by atoms with E-state index in [1.165, 1.54) is 0 Å². The minimum absolute atomic E-state index is 0.0334. The van der Waals surface area contributed by atoms with E-state index in [4.69, 9.17) is 9.84 Å². The third kappa shape index (κ3) is 4.46. The average molecular weight is 209 g/mol. The van der Waals surface area contributed by atoms with E-state index in [9.17, 15) is 4.79 Å². The molecule has 0 aliphatic rings. The van der Waals surface area contributed by atoms with Crippen molar-refractivity contribution >= 4 is 5.91 Å². The van der Waals surface area contributed by atoms with E-state index in [1.54, 1.807) is 19.1 Å². The number of carbonyl (C=O) groups is 1. The summed E-state index contributed by atoms with van der Waals surface area (Å²) in [6.07, 6.45) is 0. The summed E-state index contributed by atoms with van der Waals surface area (Å²) in [5, 5.41) is 11.3. The van der Waals surface area contributed by atoms with E-state index in [1.807, 2.05) is 18.2 Å². The average Bonchev–Trinajstić information content (AvgIpc) is 2.27. The van der Waals surface area contributed by atoms with Crippen molar-refractivity contribution in [1.29, 1.82) is 0 Å². The molecule has 4 heteroatoms. The molecule has 15 heavy (non-hydrogen) atoms. The summed E-state index contributed by atoms with van der Waals surface area (Å²) in [5.41, 5.74) is 0. The van der Waals surface area contributed by atoms with Crippen LogP contribution in [-0.2, 0) is 4.79 Å². The maximum atomic E-state index is 11.2. The third-order valence-corrected chi connectivity index (χ3v) is 1.79. The summed E-state index contributed by atoms with van der Waals surface area (Å²) in [6.45, 7) is 1.62. The second kappa shape index (κ2) is 6.03.